The summed E-state index contributed by atoms with van der Waals surface area (Å²) in [6.07, 6.45) is 7.63. The van der Waals surface area contributed by atoms with Crippen LogP contribution in [0.3, 0.4) is 0 Å². The number of rotatable bonds is 11. The first-order valence-corrected chi connectivity index (χ1v) is 9.75. The van der Waals surface area contributed by atoms with Gasteiger partial charge in [0.05, 0.1) is 12.3 Å². The number of nitrogens with one attached hydrogen (secondary N) is 1. The Morgan fingerprint density at radius 1 is 1.48 bits per heavy atom. The van der Waals surface area contributed by atoms with Crippen molar-refractivity contribution in [2.75, 3.05) is 25.1 Å². The maximum Gasteiger partial charge on any atom is 0.327 e. The molecule has 2 heterocycles. The van der Waals surface area contributed by atoms with Gasteiger partial charge in [0, 0.05) is 36.7 Å². The molecule has 0 saturated carbocycles. The number of allylic oxidation sites excluding steroid dienone is 1. The molecule has 4 N–H and O–H groups in total. The van der Waals surface area contributed by atoms with Crippen LogP contribution in [-0.2, 0) is 16.1 Å². The number of hydrogen-bond donors (Lipinski definition) is 3. The summed E-state index contributed by atoms with van der Waals surface area (Å²) in [6.45, 7) is 7.13. The number of aliphatic hydroxyl groups excluding tert-OH is 1. The molecule has 1 unspecified atom stereocenters. The summed E-state index contributed by atoms with van der Waals surface area (Å²) >= 11 is 0. The third kappa shape index (κ3) is 6.56. The first kappa shape index (κ1) is 22.4. The van der Waals surface area contributed by atoms with E-state index < -0.39 is 5.97 Å². The number of fused-ring (bicyclic) bond motifs is 1. The minimum Gasteiger partial charge on any atom is -0.462 e. The third-order valence-electron chi connectivity index (χ3n) is 4.64. The lowest BCUT2D eigenvalue weighted by Crippen LogP contribution is -2.15. The van der Waals surface area contributed by atoms with E-state index >= 15 is 0 Å². The molecular weight excluding hydrogens is 372 g/mol. The summed E-state index contributed by atoms with van der Waals surface area (Å²) in [4.78, 5) is 24.3. The number of ether oxygens (including phenoxy) is 1. The predicted molar refractivity (Wildman–Crippen MR) is 113 cm³/mol. The molecule has 0 aromatic carbocycles. The van der Waals surface area contributed by atoms with Crippen molar-refractivity contribution >= 4 is 29.2 Å². The first-order valence-electron chi connectivity index (χ1n) is 9.75. The number of aliphatic hydroxyl groups is 1. The fraction of sp³-hybridized carbons (Fsp3) is 0.500. The molecule has 2 aromatic rings. The number of anilines is 1. The van der Waals surface area contributed by atoms with Crippen molar-refractivity contribution in [3.8, 4) is 0 Å². The monoisotopic (exact) mass is 402 g/mol. The zero-order valence-electron chi connectivity index (χ0n) is 17.2. The second-order valence-electron chi connectivity index (χ2n) is 7.01. The molecule has 158 valence electrons. The molecule has 9 nitrogen and oxygen atoms in total. The smallest absolute Gasteiger partial charge is 0.327 e. The normalized spacial score (nSPS) is 13.3. The van der Waals surface area contributed by atoms with Crippen molar-refractivity contribution in [2.45, 2.75) is 33.7 Å². The standard InChI is InChI=1S/C20H30N6O3/c1-4-15(14(2)3)13-26-6-5-16-10-23-20(25-19(16)26)24-17(9-21)11-22-12-18(28)29-8-7-27/h5-6,9-11,14-15,27H,4,7-8,12-13,21H2,1-3H3,(H,23,24,25)/b17-9+,22-11?. The summed E-state index contributed by atoms with van der Waals surface area (Å²) in [7, 11) is 0. The van der Waals surface area contributed by atoms with E-state index in [1.807, 2.05) is 12.3 Å². The zero-order chi connectivity index (χ0) is 21.2. The number of nitrogens with zero attached hydrogens (tertiary/aromatic N) is 4. The largest absolute Gasteiger partial charge is 0.462 e. The average Bonchev–Trinajstić information content (AvgIpc) is 3.11. The molecule has 0 aliphatic heterocycles. The highest BCUT2D eigenvalue weighted by molar-refractivity contribution is 5.85. The molecule has 0 spiro atoms. The quantitative estimate of drug-likeness (QED) is 0.387. The lowest BCUT2D eigenvalue weighted by Gasteiger charge is -2.20. The third-order valence-corrected chi connectivity index (χ3v) is 4.64. The van der Waals surface area contributed by atoms with Gasteiger partial charge < -0.3 is 25.5 Å². The van der Waals surface area contributed by atoms with Gasteiger partial charge >= 0.3 is 5.97 Å². The van der Waals surface area contributed by atoms with E-state index in [2.05, 4.69) is 45.6 Å². The van der Waals surface area contributed by atoms with Gasteiger partial charge in [0.1, 0.15) is 18.8 Å². The summed E-state index contributed by atoms with van der Waals surface area (Å²) < 4.78 is 6.88. The van der Waals surface area contributed by atoms with E-state index in [0.29, 0.717) is 23.5 Å². The van der Waals surface area contributed by atoms with Crippen LogP contribution < -0.4 is 11.1 Å². The van der Waals surface area contributed by atoms with Gasteiger partial charge in [-0.3, -0.25) is 9.79 Å². The van der Waals surface area contributed by atoms with E-state index in [4.69, 9.17) is 15.6 Å². The van der Waals surface area contributed by atoms with Crippen LogP contribution in [0, 0.1) is 11.8 Å². The molecule has 0 bridgehead atoms. The van der Waals surface area contributed by atoms with E-state index in [9.17, 15) is 4.79 Å². The minimum atomic E-state index is -0.530. The lowest BCUT2D eigenvalue weighted by atomic mass is 9.93. The number of esters is 1. The van der Waals surface area contributed by atoms with Crippen LogP contribution in [0.2, 0.25) is 0 Å². The highest BCUT2D eigenvalue weighted by Gasteiger charge is 2.14. The molecule has 0 aliphatic rings. The average molecular weight is 402 g/mol. The topological polar surface area (TPSA) is 128 Å². The van der Waals surface area contributed by atoms with E-state index in [1.165, 1.54) is 12.4 Å². The number of nitrogens with two attached hydrogens (primary N) is 1. The number of aliphatic imine (C=N–C) groups is 1. The molecule has 0 radical (unpaired) electrons. The highest BCUT2D eigenvalue weighted by Crippen LogP contribution is 2.21. The van der Waals surface area contributed by atoms with E-state index in [0.717, 1.165) is 24.0 Å². The maximum absolute atomic E-state index is 11.4. The summed E-state index contributed by atoms with van der Waals surface area (Å²) in [5.41, 5.74) is 6.93. The first-order chi connectivity index (χ1) is 14.0. The lowest BCUT2D eigenvalue weighted by molar-refractivity contribution is -0.142. The second kappa shape index (κ2) is 11.2. The van der Waals surface area contributed by atoms with E-state index in [-0.39, 0.29) is 19.8 Å². The Hall–Kier alpha value is -2.94. The Bertz CT molecular complexity index is 859. The predicted octanol–water partition coefficient (Wildman–Crippen LogP) is 1.93. The van der Waals surface area contributed by atoms with Gasteiger partial charge in [-0.1, -0.05) is 27.2 Å². The van der Waals surface area contributed by atoms with Crippen LogP contribution in [0.1, 0.15) is 27.2 Å². The van der Waals surface area contributed by atoms with Gasteiger partial charge in [0.2, 0.25) is 5.95 Å². The van der Waals surface area contributed by atoms with Crippen LogP contribution in [0.25, 0.3) is 11.0 Å². The molecule has 0 aliphatic carbocycles. The molecule has 2 aromatic heterocycles. The number of carbonyl (C=O) groups excluding carboxylic acids is 1. The fourth-order valence-corrected chi connectivity index (χ4v) is 2.91. The fourth-order valence-electron chi connectivity index (χ4n) is 2.91. The Kier molecular flexibility index (Phi) is 8.60. The molecule has 0 amide bonds. The van der Waals surface area contributed by atoms with Crippen molar-refractivity contribution in [3.05, 3.63) is 30.4 Å². The summed E-state index contributed by atoms with van der Waals surface area (Å²) in [6, 6.07) is 2.01. The van der Waals surface area contributed by atoms with Gasteiger partial charge in [-0.2, -0.15) is 4.98 Å². The van der Waals surface area contributed by atoms with Crippen LogP contribution in [0.4, 0.5) is 5.95 Å². The van der Waals surface area contributed by atoms with Crippen LogP contribution in [0.15, 0.2) is 35.3 Å². The van der Waals surface area contributed by atoms with Crippen molar-refractivity contribution in [2.24, 2.45) is 22.6 Å². The molecule has 0 fully saturated rings. The van der Waals surface area contributed by atoms with Gasteiger partial charge in [0.15, 0.2) is 0 Å². The highest BCUT2D eigenvalue weighted by atomic mass is 16.5. The Balaban J connectivity index is 2.08. The van der Waals surface area contributed by atoms with Crippen molar-refractivity contribution < 1.29 is 14.6 Å². The molecule has 0 saturated heterocycles. The van der Waals surface area contributed by atoms with Gasteiger partial charge in [-0.15, -0.1) is 0 Å². The Morgan fingerprint density at radius 3 is 2.93 bits per heavy atom. The Labute approximate surface area is 170 Å². The summed E-state index contributed by atoms with van der Waals surface area (Å²) in [5, 5.41) is 12.6. The van der Waals surface area contributed by atoms with Gasteiger partial charge in [-0.25, -0.2) is 4.98 Å². The number of carbonyl (C=O) groups is 1. The maximum atomic E-state index is 11.4. The molecule has 2 rings (SSSR count). The van der Waals surface area contributed by atoms with Crippen molar-refractivity contribution in [1.29, 1.82) is 0 Å². The van der Waals surface area contributed by atoms with Gasteiger partial charge in [-0.05, 0) is 17.9 Å². The second-order valence-corrected chi connectivity index (χ2v) is 7.01. The molecule has 1 atom stereocenters. The van der Waals surface area contributed by atoms with Crippen LogP contribution in [-0.4, -0.2) is 51.6 Å². The van der Waals surface area contributed by atoms with Crippen molar-refractivity contribution in [1.82, 2.24) is 14.5 Å². The molecule has 29 heavy (non-hydrogen) atoms. The van der Waals surface area contributed by atoms with Crippen LogP contribution in [0.5, 0.6) is 0 Å². The summed E-state index contributed by atoms with van der Waals surface area (Å²) in [5.74, 6) is 1.01. The zero-order valence-corrected chi connectivity index (χ0v) is 17.2. The van der Waals surface area contributed by atoms with Crippen LogP contribution >= 0.6 is 0 Å². The molecular formula is C20H30N6O3. The van der Waals surface area contributed by atoms with Crippen molar-refractivity contribution in [3.63, 3.8) is 0 Å². The SMILES string of the molecule is CCC(Cn1ccc2cnc(N/C(C=NCC(=O)OCCO)=C/N)nc21)C(C)C. The molecule has 9 heteroatoms. The minimum absolute atomic E-state index is 0.0462. The number of hydrogen-bond acceptors (Lipinski definition) is 8. The van der Waals surface area contributed by atoms with E-state index in [1.54, 1.807) is 6.20 Å². The Morgan fingerprint density at radius 2 is 2.28 bits per heavy atom. The number of aromatic nitrogens is 3. The van der Waals surface area contributed by atoms with Gasteiger partial charge in [0.25, 0.3) is 0 Å².